The van der Waals surface area contributed by atoms with Crippen molar-refractivity contribution in [1.29, 1.82) is 0 Å². The molecule has 2 aromatic heterocycles. The Kier molecular flexibility index (Phi) is 2.84. The van der Waals surface area contributed by atoms with E-state index in [2.05, 4.69) is 10.1 Å². The van der Waals surface area contributed by atoms with Crippen molar-refractivity contribution in [2.75, 3.05) is 0 Å². The molecule has 2 heterocycles. The lowest BCUT2D eigenvalue weighted by Gasteiger charge is -2.01. The molecule has 0 fully saturated rings. The Morgan fingerprint density at radius 3 is 2.83 bits per heavy atom. The van der Waals surface area contributed by atoms with Gasteiger partial charge in [-0.05, 0) is 19.1 Å². The minimum absolute atomic E-state index is 0.0519. The van der Waals surface area contributed by atoms with Gasteiger partial charge >= 0.3 is 11.7 Å². The number of rotatable bonds is 3. The summed E-state index contributed by atoms with van der Waals surface area (Å²) in [4.78, 5) is 35.2. The quantitative estimate of drug-likeness (QED) is 0.764. The fraction of sp³-hybridized carbons (Fsp3) is 0.200. The molecule has 0 atom stereocenters. The van der Waals surface area contributed by atoms with Gasteiger partial charge in [0.05, 0.1) is 0 Å². The Hall–Kier alpha value is -2.64. The topological polar surface area (TPSA) is 118 Å². The van der Waals surface area contributed by atoms with Gasteiger partial charge in [0.2, 0.25) is 5.76 Å². The first-order valence-corrected chi connectivity index (χ1v) is 4.97. The molecule has 0 radical (unpaired) electrons. The van der Waals surface area contributed by atoms with Crippen LogP contribution in [0, 0.1) is 6.92 Å². The molecule has 18 heavy (non-hydrogen) atoms. The molecule has 2 N–H and O–H groups in total. The molecule has 0 saturated carbocycles. The molecular formula is C10H9N3O5. The average Bonchev–Trinajstić information content (AvgIpc) is 2.74. The Bertz CT molecular complexity index is 709. The molecule has 0 spiro atoms. The van der Waals surface area contributed by atoms with Crippen molar-refractivity contribution in [2.45, 2.75) is 13.5 Å². The summed E-state index contributed by atoms with van der Waals surface area (Å²) in [5, 5.41) is 12.4. The standard InChI is InChI=1S/C10H9N3O5/c1-5-8(14)11-10(17)13(12-5)4-6-2-3-7(18-6)9(15)16/h2-3H,4H2,1H3,(H,15,16)(H,11,14,17). The highest BCUT2D eigenvalue weighted by Crippen LogP contribution is 2.08. The fourth-order valence-corrected chi connectivity index (χ4v) is 1.36. The molecule has 0 saturated heterocycles. The van der Waals surface area contributed by atoms with E-state index >= 15 is 0 Å². The lowest BCUT2D eigenvalue weighted by atomic mass is 10.4. The summed E-state index contributed by atoms with van der Waals surface area (Å²) in [7, 11) is 0. The Labute approximate surface area is 99.5 Å². The van der Waals surface area contributed by atoms with Gasteiger partial charge in [-0.3, -0.25) is 9.78 Å². The number of aromatic nitrogens is 3. The Morgan fingerprint density at radius 2 is 2.22 bits per heavy atom. The maximum Gasteiger partial charge on any atom is 0.371 e. The molecule has 8 heteroatoms. The summed E-state index contributed by atoms with van der Waals surface area (Å²) in [6.45, 7) is 1.41. The van der Waals surface area contributed by atoms with E-state index in [1.165, 1.54) is 19.1 Å². The second-order valence-electron chi connectivity index (χ2n) is 3.57. The van der Waals surface area contributed by atoms with Crippen LogP contribution in [-0.2, 0) is 6.54 Å². The molecule has 0 aliphatic heterocycles. The summed E-state index contributed by atoms with van der Waals surface area (Å²) >= 11 is 0. The minimum Gasteiger partial charge on any atom is -0.475 e. The molecule has 8 nitrogen and oxygen atoms in total. The van der Waals surface area contributed by atoms with Crippen LogP contribution < -0.4 is 11.2 Å². The summed E-state index contributed by atoms with van der Waals surface area (Å²) in [5.41, 5.74) is -1.10. The molecule has 0 amide bonds. The molecule has 0 aliphatic carbocycles. The average molecular weight is 251 g/mol. The molecule has 0 aliphatic rings. The van der Waals surface area contributed by atoms with E-state index in [9.17, 15) is 14.4 Å². The SMILES string of the molecule is Cc1nn(Cc2ccc(C(=O)O)o2)c(=O)[nH]c1=O. The van der Waals surface area contributed by atoms with E-state index in [1.54, 1.807) is 0 Å². The number of aryl methyl sites for hydroxylation is 1. The number of aromatic amines is 1. The van der Waals surface area contributed by atoms with Crippen LogP contribution in [0.3, 0.4) is 0 Å². The van der Waals surface area contributed by atoms with Crippen LogP contribution in [0.2, 0.25) is 0 Å². The third kappa shape index (κ3) is 2.21. The third-order valence-corrected chi connectivity index (χ3v) is 2.23. The zero-order valence-electron chi connectivity index (χ0n) is 9.34. The van der Waals surface area contributed by atoms with Crippen LogP contribution in [0.1, 0.15) is 22.0 Å². The van der Waals surface area contributed by atoms with E-state index in [4.69, 9.17) is 9.52 Å². The van der Waals surface area contributed by atoms with Gasteiger partial charge in [0.1, 0.15) is 18.0 Å². The monoisotopic (exact) mass is 251 g/mol. The molecule has 0 unspecified atom stereocenters. The first-order valence-electron chi connectivity index (χ1n) is 4.97. The number of carbonyl (C=O) groups is 1. The number of hydrogen-bond acceptors (Lipinski definition) is 5. The van der Waals surface area contributed by atoms with Crippen molar-refractivity contribution in [3.05, 3.63) is 50.2 Å². The molecule has 0 bridgehead atoms. The number of aromatic carboxylic acids is 1. The normalized spacial score (nSPS) is 10.5. The predicted octanol–water partition coefficient (Wildman–Crippen LogP) is -0.420. The number of carboxylic acids is 1. The fourth-order valence-electron chi connectivity index (χ4n) is 1.36. The smallest absolute Gasteiger partial charge is 0.371 e. The second-order valence-corrected chi connectivity index (χ2v) is 3.57. The van der Waals surface area contributed by atoms with Gasteiger partial charge in [-0.15, -0.1) is 0 Å². The molecule has 2 rings (SSSR count). The van der Waals surface area contributed by atoms with E-state index in [0.717, 1.165) is 4.68 Å². The maximum atomic E-state index is 11.4. The van der Waals surface area contributed by atoms with Crippen LogP contribution in [0.25, 0.3) is 0 Å². The molecule has 0 aromatic carbocycles. The minimum atomic E-state index is -1.20. The summed E-state index contributed by atoms with van der Waals surface area (Å²) in [5.74, 6) is -1.16. The van der Waals surface area contributed by atoms with E-state index in [-0.39, 0.29) is 23.8 Å². The van der Waals surface area contributed by atoms with Crippen molar-refractivity contribution < 1.29 is 14.3 Å². The van der Waals surface area contributed by atoms with Crippen LogP contribution in [-0.4, -0.2) is 25.8 Å². The highest BCUT2D eigenvalue weighted by molar-refractivity contribution is 5.84. The van der Waals surface area contributed by atoms with E-state index < -0.39 is 17.2 Å². The largest absolute Gasteiger partial charge is 0.475 e. The van der Waals surface area contributed by atoms with Crippen molar-refractivity contribution >= 4 is 5.97 Å². The molecule has 94 valence electrons. The lowest BCUT2D eigenvalue weighted by molar-refractivity contribution is 0.0660. The zero-order chi connectivity index (χ0) is 13.3. The number of nitrogens with one attached hydrogen (secondary N) is 1. The number of furan rings is 1. The number of hydrogen-bond donors (Lipinski definition) is 2. The maximum absolute atomic E-state index is 11.4. The first kappa shape index (κ1) is 11.8. The van der Waals surface area contributed by atoms with Crippen molar-refractivity contribution in [1.82, 2.24) is 14.8 Å². The van der Waals surface area contributed by atoms with Crippen molar-refractivity contribution in [3.8, 4) is 0 Å². The highest BCUT2D eigenvalue weighted by Gasteiger charge is 2.10. The number of nitrogens with zero attached hydrogens (tertiary/aromatic N) is 2. The lowest BCUT2D eigenvalue weighted by Crippen LogP contribution is -2.34. The van der Waals surface area contributed by atoms with Crippen LogP contribution in [0.4, 0.5) is 0 Å². The molecular weight excluding hydrogens is 242 g/mol. The Morgan fingerprint density at radius 1 is 1.50 bits per heavy atom. The van der Waals surface area contributed by atoms with E-state index in [0.29, 0.717) is 0 Å². The summed E-state index contributed by atoms with van der Waals surface area (Å²) in [6, 6.07) is 2.71. The van der Waals surface area contributed by atoms with Gasteiger partial charge in [-0.2, -0.15) is 5.10 Å². The summed E-state index contributed by atoms with van der Waals surface area (Å²) < 4.78 is 5.97. The van der Waals surface area contributed by atoms with Crippen LogP contribution in [0.15, 0.2) is 26.1 Å². The van der Waals surface area contributed by atoms with Gasteiger partial charge in [-0.1, -0.05) is 0 Å². The zero-order valence-corrected chi connectivity index (χ0v) is 9.34. The first-order chi connectivity index (χ1) is 8.47. The number of carboxylic acid groups (broad SMARTS) is 1. The van der Waals surface area contributed by atoms with Gasteiger partial charge < -0.3 is 9.52 Å². The van der Waals surface area contributed by atoms with Gasteiger partial charge in [0.25, 0.3) is 5.56 Å². The molecule has 2 aromatic rings. The van der Waals surface area contributed by atoms with Gasteiger partial charge in [0.15, 0.2) is 0 Å². The number of H-pyrrole nitrogens is 1. The van der Waals surface area contributed by atoms with Crippen LogP contribution in [0.5, 0.6) is 0 Å². The predicted molar refractivity (Wildman–Crippen MR) is 58.6 cm³/mol. The third-order valence-electron chi connectivity index (χ3n) is 2.23. The summed E-state index contributed by atoms with van der Waals surface area (Å²) in [6.07, 6.45) is 0. The van der Waals surface area contributed by atoms with Crippen LogP contribution >= 0.6 is 0 Å². The van der Waals surface area contributed by atoms with Gasteiger partial charge in [0, 0.05) is 0 Å². The highest BCUT2D eigenvalue weighted by atomic mass is 16.4. The Balaban J connectivity index is 2.34. The van der Waals surface area contributed by atoms with Crippen molar-refractivity contribution in [2.24, 2.45) is 0 Å². The van der Waals surface area contributed by atoms with E-state index in [1.807, 2.05) is 0 Å². The van der Waals surface area contributed by atoms with Gasteiger partial charge in [-0.25, -0.2) is 14.3 Å². The second kappa shape index (κ2) is 4.32. The van der Waals surface area contributed by atoms with Crippen molar-refractivity contribution in [3.63, 3.8) is 0 Å².